The molecule has 2 amide bonds. The summed E-state index contributed by atoms with van der Waals surface area (Å²) >= 11 is 0. The highest BCUT2D eigenvalue weighted by Gasteiger charge is 2.25. The molecule has 1 aliphatic rings. The first-order valence-corrected chi connectivity index (χ1v) is 8.61. The topological polar surface area (TPSA) is 63.1 Å². The van der Waals surface area contributed by atoms with Gasteiger partial charge in [0.05, 0.1) is 30.7 Å². The van der Waals surface area contributed by atoms with Crippen molar-refractivity contribution < 1.29 is 18.0 Å². The lowest BCUT2D eigenvalue weighted by Gasteiger charge is -2.28. The third-order valence-corrected chi connectivity index (χ3v) is 4.64. The molecular formula is C19H16F3N5O. The van der Waals surface area contributed by atoms with E-state index in [9.17, 15) is 18.0 Å². The number of hydrogen-bond acceptors (Lipinski definition) is 3. The second-order valence-corrected chi connectivity index (χ2v) is 6.47. The Kier molecular flexibility index (Phi) is 4.50. The van der Waals surface area contributed by atoms with Gasteiger partial charge in [0, 0.05) is 23.7 Å². The molecule has 28 heavy (non-hydrogen) atoms. The summed E-state index contributed by atoms with van der Waals surface area (Å²) in [5.41, 5.74) is 1.56. The second kappa shape index (κ2) is 6.99. The molecule has 0 saturated carbocycles. The predicted molar refractivity (Wildman–Crippen MR) is 95.9 cm³/mol. The van der Waals surface area contributed by atoms with Crippen LogP contribution >= 0.6 is 0 Å². The summed E-state index contributed by atoms with van der Waals surface area (Å²) in [4.78, 5) is 18.1. The fraction of sp³-hybridized carbons (Fsp3) is 0.211. The van der Waals surface area contributed by atoms with Gasteiger partial charge in [-0.1, -0.05) is 0 Å². The van der Waals surface area contributed by atoms with Crippen molar-refractivity contribution in [1.82, 2.24) is 19.7 Å². The predicted octanol–water partition coefficient (Wildman–Crippen LogP) is 3.72. The van der Waals surface area contributed by atoms with Gasteiger partial charge in [-0.25, -0.2) is 22.9 Å². The zero-order valence-electron chi connectivity index (χ0n) is 14.9. The van der Waals surface area contributed by atoms with Crippen LogP contribution in [-0.4, -0.2) is 32.2 Å². The van der Waals surface area contributed by atoms with Crippen molar-refractivity contribution >= 4 is 11.8 Å². The molecule has 0 fully saturated rings. The Morgan fingerprint density at radius 1 is 1.07 bits per heavy atom. The Hall–Kier alpha value is -3.36. The van der Waals surface area contributed by atoms with Gasteiger partial charge >= 0.3 is 6.03 Å². The van der Waals surface area contributed by atoms with E-state index < -0.39 is 23.5 Å². The number of benzene rings is 1. The average molecular weight is 387 g/mol. The molecule has 144 valence electrons. The first-order chi connectivity index (χ1) is 13.4. The van der Waals surface area contributed by atoms with Crippen LogP contribution in [0.2, 0.25) is 0 Å². The summed E-state index contributed by atoms with van der Waals surface area (Å²) in [6.07, 6.45) is 1.51. The van der Waals surface area contributed by atoms with Crippen LogP contribution in [0, 0.1) is 24.4 Å². The van der Waals surface area contributed by atoms with Gasteiger partial charge in [-0.05, 0) is 31.2 Å². The van der Waals surface area contributed by atoms with Crippen molar-refractivity contribution in [3.05, 3.63) is 65.4 Å². The molecule has 2 aromatic heterocycles. The van der Waals surface area contributed by atoms with E-state index in [1.807, 2.05) is 0 Å². The van der Waals surface area contributed by atoms with Crippen LogP contribution in [0.15, 0.2) is 36.5 Å². The maximum Gasteiger partial charge on any atom is 0.323 e. The summed E-state index contributed by atoms with van der Waals surface area (Å²) in [5.74, 6) is -1.56. The van der Waals surface area contributed by atoms with Gasteiger partial charge in [0.15, 0.2) is 0 Å². The van der Waals surface area contributed by atoms with Crippen molar-refractivity contribution in [1.29, 1.82) is 0 Å². The smallest absolute Gasteiger partial charge is 0.317 e. The zero-order chi connectivity index (χ0) is 19.8. The molecule has 0 bridgehead atoms. The number of pyridine rings is 1. The molecule has 1 aromatic carbocycles. The molecule has 0 unspecified atom stereocenters. The van der Waals surface area contributed by atoms with E-state index in [2.05, 4.69) is 15.4 Å². The number of hydrogen-bond donors (Lipinski definition) is 1. The number of amides is 2. The summed E-state index contributed by atoms with van der Waals surface area (Å²) in [6, 6.07) is 5.56. The highest BCUT2D eigenvalue weighted by atomic mass is 19.1. The fourth-order valence-electron chi connectivity index (χ4n) is 3.15. The number of carbonyl (C=O) groups excluding carboxylic acids is 1. The lowest BCUT2D eigenvalue weighted by Crippen LogP contribution is -2.41. The number of anilines is 1. The van der Waals surface area contributed by atoms with Gasteiger partial charge in [0.2, 0.25) is 0 Å². The zero-order valence-corrected chi connectivity index (χ0v) is 14.9. The highest BCUT2D eigenvalue weighted by molar-refractivity contribution is 5.88. The largest absolute Gasteiger partial charge is 0.323 e. The number of aromatic nitrogens is 3. The standard InChI is InChI=1S/C19H16F3N5O/c1-11-15(21)4-5-18(24-11)25-19(28)26-6-7-27-17(10-26)14(9-23-27)13-3-2-12(20)8-16(13)22/h2-5,8-9H,6-7,10H2,1H3,(H,24,25,28). The Labute approximate surface area is 158 Å². The maximum absolute atomic E-state index is 14.2. The third kappa shape index (κ3) is 3.30. The lowest BCUT2D eigenvalue weighted by atomic mass is 10.0. The molecule has 0 radical (unpaired) electrons. The molecule has 0 aliphatic carbocycles. The quantitative estimate of drug-likeness (QED) is 0.729. The average Bonchev–Trinajstić information content (AvgIpc) is 3.08. The van der Waals surface area contributed by atoms with E-state index in [0.29, 0.717) is 24.3 Å². The number of fused-ring (bicyclic) bond motifs is 1. The van der Waals surface area contributed by atoms with Crippen molar-refractivity contribution in [2.45, 2.75) is 20.0 Å². The number of carbonyl (C=O) groups is 1. The summed E-state index contributed by atoms with van der Waals surface area (Å²) in [5, 5.41) is 6.88. The van der Waals surface area contributed by atoms with Crippen molar-refractivity contribution in [2.75, 3.05) is 11.9 Å². The van der Waals surface area contributed by atoms with Crippen LogP contribution in [0.4, 0.5) is 23.8 Å². The molecule has 6 nitrogen and oxygen atoms in total. The number of nitrogens with zero attached hydrogens (tertiary/aromatic N) is 4. The second-order valence-electron chi connectivity index (χ2n) is 6.47. The Bertz CT molecular complexity index is 1070. The van der Waals surface area contributed by atoms with Gasteiger partial charge in [-0.2, -0.15) is 5.10 Å². The van der Waals surface area contributed by atoms with E-state index in [1.165, 1.54) is 42.3 Å². The van der Waals surface area contributed by atoms with Crippen LogP contribution in [0.3, 0.4) is 0 Å². The van der Waals surface area contributed by atoms with Gasteiger partial charge < -0.3 is 4.90 Å². The normalized spacial score (nSPS) is 13.4. The van der Waals surface area contributed by atoms with E-state index in [4.69, 9.17) is 0 Å². The fourth-order valence-corrected chi connectivity index (χ4v) is 3.15. The van der Waals surface area contributed by atoms with Gasteiger partial charge in [0.1, 0.15) is 23.3 Å². The summed E-state index contributed by atoms with van der Waals surface area (Å²) in [7, 11) is 0. The minimum absolute atomic E-state index is 0.184. The molecule has 0 spiro atoms. The highest BCUT2D eigenvalue weighted by Crippen LogP contribution is 2.29. The number of nitrogens with one attached hydrogen (secondary N) is 1. The maximum atomic E-state index is 14.2. The minimum atomic E-state index is -0.691. The Morgan fingerprint density at radius 3 is 2.64 bits per heavy atom. The molecular weight excluding hydrogens is 371 g/mol. The first-order valence-electron chi connectivity index (χ1n) is 8.61. The van der Waals surface area contributed by atoms with E-state index in [-0.39, 0.29) is 23.6 Å². The van der Waals surface area contributed by atoms with Crippen LogP contribution in [-0.2, 0) is 13.1 Å². The molecule has 0 saturated heterocycles. The van der Waals surface area contributed by atoms with Crippen LogP contribution < -0.4 is 5.32 Å². The van der Waals surface area contributed by atoms with Gasteiger partial charge in [-0.3, -0.25) is 10.00 Å². The Morgan fingerprint density at radius 2 is 1.89 bits per heavy atom. The minimum Gasteiger partial charge on any atom is -0.317 e. The molecule has 3 aromatic rings. The molecule has 9 heteroatoms. The summed E-state index contributed by atoms with van der Waals surface area (Å²) < 4.78 is 42.4. The van der Waals surface area contributed by atoms with Gasteiger partial charge in [-0.15, -0.1) is 0 Å². The van der Waals surface area contributed by atoms with Crippen molar-refractivity contribution in [3.63, 3.8) is 0 Å². The van der Waals surface area contributed by atoms with E-state index in [0.717, 1.165) is 6.07 Å². The number of aryl methyl sites for hydroxylation is 1. The first kappa shape index (κ1) is 18.0. The van der Waals surface area contributed by atoms with Crippen molar-refractivity contribution in [3.8, 4) is 11.1 Å². The SMILES string of the molecule is Cc1nc(NC(=O)N2CCn3ncc(-c4ccc(F)cc4F)c3C2)ccc1F. The molecule has 4 rings (SSSR count). The van der Waals surface area contributed by atoms with Crippen molar-refractivity contribution in [2.24, 2.45) is 0 Å². The third-order valence-electron chi connectivity index (χ3n) is 4.64. The van der Waals surface area contributed by atoms with E-state index in [1.54, 1.807) is 4.68 Å². The van der Waals surface area contributed by atoms with Crippen LogP contribution in [0.5, 0.6) is 0 Å². The number of rotatable bonds is 2. The molecule has 1 N–H and O–H groups in total. The molecule has 3 heterocycles. The lowest BCUT2D eigenvalue weighted by molar-refractivity contribution is 0.194. The Balaban J connectivity index is 1.56. The van der Waals surface area contributed by atoms with E-state index >= 15 is 0 Å². The molecule has 1 aliphatic heterocycles. The number of halogens is 3. The monoisotopic (exact) mass is 387 g/mol. The molecule has 0 atom stereocenters. The summed E-state index contributed by atoms with van der Waals surface area (Å²) in [6.45, 7) is 2.53. The van der Waals surface area contributed by atoms with Crippen LogP contribution in [0.25, 0.3) is 11.1 Å². The van der Waals surface area contributed by atoms with Gasteiger partial charge in [0.25, 0.3) is 0 Å². The number of urea groups is 1. The van der Waals surface area contributed by atoms with Crippen LogP contribution in [0.1, 0.15) is 11.4 Å².